The normalized spacial score (nSPS) is 20.3. The lowest BCUT2D eigenvalue weighted by atomic mass is 10.1. The molecule has 3 aromatic rings. The van der Waals surface area contributed by atoms with Crippen LogP contribution in [-0.4, -0.2) is 10.8 Å². The Morgan fingerprint density at radius 3 is 2.28 bits per heavy atom. The molecule has 2 atom stereocenters. The number of anilines is 1. The molecule has 3 heterocycles. The van der Waals surface area contributed by atoms with Crippen molar-refractivity contribution in [3.8, 4) is 0 Å². The lowest BCUT2D eigenvalue weighted by Gasteiger charge is -2.30. The quantitative estimate of drug-likeness (QED) is 0.581. The maximum atomic E-state index is 11.6. The molecule has 0 saturated carbocycles. The Balaban J connectivity index is 1.83. The first-order chi connectivity index (χ1) is 12.2. The van der Waals surface area contributed by atoms with E-state index in [0.717, 1.165) is 0 Å². The van der Waals surface area contributed by atoms with Crippen LogP contribution in [0.2, 0.25) is 0 Å². The Kier molecular flexibility index (Phi) is 3.79. The first kappa shape index (κ1) is 15.2. The minimum absolute atomic E-state index is 0.249. The van der Waals surface area contributed by atoms with Crippen molar-refractivity contribution in [2.45, 2.75) is 12.2 Å². The van der Waals surface area contributed by atoms with E-state index in [4.69, 9.17) is 8.83 Å². The van der Waals surface area contributed by atoms with E-state index in [1.54, 1.807) is 30.5 Å². The van der Waals surface area contributed by atoms with Gasteiger partial charge in [-0.2, -0.15) is 0 Å². The predicted octanol–water partition coefficient (Wildman–Crippen LogP) is 3.31. The fourth-order valence-electron chi connectivity index (χ4n) is 2.77. The first-order valence-electron chi connectivity index (χ1n) is 7.64. The first-order valence-corrected chi connectivity index (χ1v) is 7.64. The number of benzene rings is 1. The molecule has 25 heavy (non-hydrogen) atoms. The van der Waals surface area contributed by atoms with E-state index in [-0.39, 0.29) is 5.84 Å². The van der Waals surface area contributed by atoms with Crippen LogP contribution in [0, 0.1) is 10.1 Å². The topological polar surface area (TPSA) is 97.0 Å². The molecule has 1 aromatic carbocycles. The van der Waals surface area contributed by atoms with Crippen LogP contribution < -0.4 is 10.3 Å². The summed E-state index contributed by atoms with van der Waals surface area (Å²) in [6, 6.07) is 15.3. The SMILES string of the molecule is O=[N+]([O-])C1=NN(c2ccccc2)[C@@H](c2ccco2)N[C@H]1c1ccco1. The van der Waals surface area contributed by atoms with Gasteiger partial charge in [-0.05, 0) is 41.3 Å². The maximum Gasteiger partial charge on any atom is 0.389 e. The van der Waals surface area contributed by atoms with Gasteiger partial charge in [-0.15, -0.1) is 5.01 Å². The molecule has 0 bridgehead atoms. The molecule has 0 fully saturated rings. The largest absolute Gasteiger partial charge is 0.467 e. The van der Waals surface area contributed by atoms with Crippen LogP contribution in [0.15, 0.2) is 81.1 Å². The van der Waals surface area contributed by atoms with Gasteiger partial charge in [0.15, 0.2) is 12.2 Å². The van der Waals surface area contributed by atoms with Gasteiger partial charge in [-0.25, -0.2) is 0 Å². The monoisotopic (exact) mass is 338 g/mol. The third-order valence-corrected chi connectivity index (χ3v) is 3.89. The van der Waals surface area contributed by atoms with Crippen LogP contribution in [0.3, 0.4) is 0 Å². The van der Waals surface area contributed by atoms with Crippen molar-refractivity contribution in [2.75, 3.05) is 5.01 Å². The van der Waals surface area contributed by atoms with Crippen LogP contribution in [-0.2, 0) is 0 Å². The number of hydrazone groups is 1. The van der Waals surface area contributed by atoms with Gasteiger partial charge >= 0.3 is 5.84 Å². The van der Waals surface area contributed by atoms with Crippen LogP contribution in [0.5, 0.6) is 0 Å². The summed E-state index contributed by atoms with van der Waals surface area (Å²) in [4.78, 5) is 11.1. The molecule has 0 spiro atoms. The molecule has 2 aromatic heterocycles. The Bertz CT molecular complexity index is 875. The van der Waals surface area contributed by atoms with Gasteiger partial charge in [-0.3, -0.25) is 5.32 Å². The molecule has 1 aliphatic rings. The average Bonchev–Trinajstić information content (AvgIpc) is 3.35. The van der Waals surface area contributed by atoms with Gasteiger partial charge in [0.25, 0.3) is 0 Å². The number of hydrogen-bond donors (Lipinski definition) is 1. The molecule has 8 nitrogen and oxygen atoms in total. The number of nitrogens with one attached hydrogen (secondary N) is 1. The second kappa shape index (κ2) is 6.25. The fraction of sp³-hybridized carbons (Fsp3) is 0.118. The smallest absolute Gasteiger partial charge is 0.389 e. The standard InChI is InChI=1S/C17H14N4O4/c22-21(23)17-15(13-8-4-10-24-13)18-16(14-9-5-11-25-14)20(19-17)12-6-2-1-3-7-12/h1-11,15-16,18H/t15-,16-/m0/s1. The van der Waals surface area contributed by atoms with E-state index in [0.29, 0.717) is 17.2 Å². The molecule has 0 unspecified atom stereocenters. The highest BCUT2D eigenvalue weighted by Gasteiger charge is 2.43. The van der Waals surface area contributed by atoms with Crippen LogP contribution in [0.1, 0.15) is 23.7 Å². The third kappa shape index (κ3) is 2.79. The van der Waals surface area contributed by atoms with E-state index in [9.17, 15) is 10.1 Å². The number of nitrogens with zero attached hydrogens (tertiary/aromatic N) is 3. The molecular formula is C17H14N4O4. The highest BCUT2D eigenvalue weighted by molar-refractivity contribution is 5.83. The fourth-order valence-corrected chi connectivity index (χ4v) is 2.77. The number of nitro groups is 1. The summed E-state index contributed by atoms with van der Waals surface area (Å²) in [5.41, 5.74) is 0.702. The molecular weight excluding hydrogens is 324 g/mol. The summed E-state index contributed by atoms with van der Waals surface area (Å²) in [5.74, 6) is 0.757. The predicted molar refractivity (Wildman–Crippen MR) is 89.4 cm³/mol. The maximum absolute atomic E-state index is 11.6. The lowest BCUT2D eigenvalue weighted by molar-refractivity contribution is -0.356. The zero-order chi connectivity index (χ0) is 17.2. The van der Waals surface area contributed by atoms with Crippen LogP contribution >= 0.6 is 0 Å². The van der Waals surface area contributed by atoms with E-state index >= 15 is 0 Å². The Labute approximate surface area is 142 Å². The van der Waals surface area contributed by atoms with Crippen molar-refractivity contribution in [2.24, 2.45) is 5.10 Å². The summed E-state index contributed by atoms with van der Waals surface area (Å²) in [6.07, 6.45) is 2.51. The molecule has 0 aliphatic carbocycles. The molecule has 126 valence electrons. The molecule has 0 radical (unpaired) electrons. The lowest BCUT2D eigenvalue weighted by Crippen LogP contribution is -2.47. The summed E-state index contributed by atoms with van der Waals surface area (Å²) in [5, 5.41) is 20.6. The number of amidine groups is 1. The van der Waals surface area contributed by atoms with Gasteiger partial charge in [0.2, 0.25) is 0 Å². The molecule has 4 rings (SSSR count). The summed E-state index contributed by atoms with van der Waals surface area (Å²) >= 11 is 0. The van der Waals surface area contributed by atoms with Crippen molar-refractivity contribution in [1.29, 1.82) is 0 Å². The second-order valence-electron chi connectivity index (χ2n) is 5.43. The highest BCUT2D eigenvalue weighted by atomic mass is 16.6. The molecule has 1 aliphatic heterocycles. The average molecular weight is 338 g/mol. The number of furan rings is 2. The Morgan fingerprint density at radius 2 is 1.68 bits per heavy atom. The zero-order valence-electron chi connectivity index (χ0n) is 13.0. The van der Waals surface area contributed by atoms with Gasteiger partial charge in [-0.1, -0.05) is 18.2 Å². The van der Waals surface area contributed by atoms with Crippen molar-refractivity contribution in [3.05, 3.63) is 88.8 Å². The molecule has 1 N–H and O–H groups in total. The number of rotatable bonds is 3. The van der Waals surface area contributed by atoms with Crippen LogP contribution in [0.25, 0.3) is 0 Å². The van der Waals surface area contributed by atoms with Gasteiger partial charge in [0.05, 0.1) is 23.3 Å². The Hall–Kier alpha value is -3.39. The van der Waals surface area contributed by atoms with E-state index < -0.39 is 17.1 Å². The van der Waals surface area contributed by atoms with E-state index in [1.807, 2.05) is 30.3 Å². The van der Waals surface area contributed by atoms with Crippen molar-refractivity contribution < 1.29 is 13.8 Å². The van der Waals surface area contributed by atoms with E-state index in [1.165, 1.54) is 11.3 Å². The van der Waals surface area contributed by atoms with Crippen molar-refractivity contribution >= 4 is 11.5 Å². The third-order valence-electron chi connectivity index (χ3n) is 3.89. The summed E-state index contributed by atoms with van der Waals surface area (Å²) in [6.45, 7) is 0. The second-order valence-corrected chi connectivity index (χ2v) is 5.43. The highest BCUT2D eigenvalue weighted by Crippen LogP contribution is 2.33. The molecule has 8 heteroatoms. The van der Waals surface area contributed by atoms with E-state index in [2.05, 4.69) is 10.4 Å². The Morgan fingerprint density at radius 1 is 1.00 bits per heavy atom. The van der Waals surface area contributed by atoms with Gasteiger partial charge < -0.3 is 18.9 Å². The summed E-state index contributed by atoms with van der Waals surface area (Å²) < 4.78 is 10.9. The minimum atomic E-state index is -0.792. The summed E-state index contributed by atoms with van der Waals surface area (Å²) in [7, 11) is 0. The van der Waals surface area contributed by atoms with Crippen molar-refractivity contribution in [1.82, 2.24) is 5.32 Å². The number of hydrogen-bond acceptors (Lipinski definition) is 7. The van der Waals surface area contributed by atoms with Crippen molar-refractivity contribution in [3.63, 3.8) is 0 Å². The van der Waals surface area contributed by atoms with Gasteiger partial charge in [0, 0.05) is 0 Å². The molecule has 0 amide bonds. The van der Waals surface area contributed by atoms with Gasteiger partial charge in [0.1, 0.15) is 11.5 Å². The zero-order valence-corrected chi connectivity index (χ0v) is 13.0. The molecule has 0 saturated heterocycles. The van der Waals surface area contributed by atoms with Crippen LogP contribution in [0.4, 0.5) is 5.69 Å². The minimum Gasteiger partial charge on any atom is -0.467 e. The number of para-hydroxylation sites is 1.